The molecular weight excluding hydrogens is 384 g/mol. The molecule has 1 aromatic carbocycles. The molecule has 1 heterocycles. The highest BCUT2D eigenvalue weighted by molar-refractivity contribution is 9.11. The van der Waals surface area contributed by atoms with Gasteiger partial charge in [0.15, 0.2) is 0 Å². The number of rotatable bonds is 2. The van der Waals surface area contributed by atoms with E-state index in [1.54, 1.807) is 0 Å². The summed E-state index contributed by atoms with van der Waals surface area (Å²) in [6.07, 6.45) is 6.05. The van der Waals surface area contributed by atoms with E-state index in [-0.39, 0.29) is 11.9 Å². The van der Waals surface area contributed by atoms with Gasteiger partial charge in [0.05, 0.1) is 11.7 Å². The van der Waals surface area contributed by atoms with Crippen LogP contribution in [0.15, 0.2) is 27.1 Å². The summed E-state index contributed by atoms with van der Waals surface area (Å²) in [5.74, 6) is 0.758. The van der Waals surface area contributed by atoms with Crippen LogP contribution in [0.3, 0.4) is 0 Å². The second-order valence-corrected chi connectivity index (χ2v) is 7.40. The number of nitrogens with one attached hydrogen (secondary N) is 2. The van der Waals surface area contributed by atoms with Crippen molar-refractivity contribution in [1.29, 1.82) is 0 Å². The number of amides is 1. The van der Waals surface area contributed by atoms with Crippen LogP contribution in [-0.4, -0.2) is 18.0 Å². The highest BCUT2D eigenvalue weighted by atomic mass is 79.9. The molecule has 20 heavy (non-hydrogen) atoms. The average Bonchev–Trinajstić information content (AvgIpc) is 2.87. The summed E-state index contributed by atoms with van der Waals surface area (Å²) >= 11 is 6.96. The van der Waals surface area contributed by atoms with Crippen LogP contribution in [0.5, 0.6) is 0 Å². The van der Waals surface area contributed by atoms with Gasteiger partial charge >= 0.3 is 0 Å². The van der Waals surface area contributed by atoms with Crippen molar-refractivity contribution >= 4 is 43.5 Å². The van der Waals surface area contributed by atoms with Gasteiger partial charge in [-0.3, -0.25) is 4.79 Å². The van der Waals surface area contributed by atoms with E-state index in [0.717, 1.165) is 21.1 Å². The fraction of sp³-hybridized carbons (Fsp3) is 0.533. The van der Waals surface area contributed by atoms with Crippen LogP contribution >= 0.6 is 31.9 Å². The van der Waals surface area contributed by atoms with E-state index in [1.807, 2.05) is 18.2 Å². The van der Waals surface area contributed by atoms with Gasteiger partial charge in [0.2, 0.25) is 5.91 Å². The molecule has 0 spiro atoms. The molecule has 0 aromatic heterocycles. The second-order valence-electron chi connectivity index (χ2n) is 5.69. The highest BCUT2D eigenvalue weighted by Crippen LogP contribution is 2.35. The third-order valence-corrected chi connectivity index (χ3v) is 5.71. The Morgan fingerprint density at radius 1 is 1.20 bits per heavy atom. The summed E-state index contributed by atoms with van der Waals surface area (Å²) in [4.78, 5) is 12.4. The molecule has 1 amide bonds. The van der Waals surface area contributed by atoms with Gasteiger partial charge in [-0.05, 0) is 69.2 Å². The summed E-state index contributed by atoms with van der Waals surface area (Å²) in [7, 11) is 0. The first-order valence-corrected chi connectivity index (χ1v) is 8.74. The maximum absolute atomic E-state index is 12.4. The quantitative estimate of drug-likeness (QED) is 0.784. The van der Waals surface area contributed by atoms with Crippen LogP contribution in [-0.2, 0) is 4.79 Å². The predicted molar refractivity (Wildman–Crippen MR) is 87.8 cm³/mol. The minimum atomic E-state index is -0.0536. The predicted octanol–water partition coefficient (Wildman–Crippen LogP) is 4.07. The van der Waals surface area contributed by atoms with Gasteiger partial charge in [-0.15, -0.1) is 0 Å². The van der Waals surface area contributed by atoms with Crippen molar-refractivity contribution in [3.8, 4) is 0 Å². The number of carbonyl (C=O) groups is 1. The number of carbonyl (C=O) groups excluding carboxylic acids is 1. The lowest BCUT2D eigenvalue weighted by Gasteiger charge is -2.24. The molecule has 1 aliphatic carbocycles. The number of anilines is 1. The van der Waals surface area contributed by atoms with Crippen LogP contribution in [0, 0.1) is 5.92 Å². The Kier molecular flexibility index (Phi) is 4.48. The van der Waals surface area contributed by atoms with E-state index in [9.17, 15) is 4.79 Å². The molecule has 108 valence electrons. The molecule has 2 N–H and O–H groups in total. The Morgan fingerprint density at radius 3 is 2.60 bits per heavy atom. The Hall–Kier alpha value is -0.390. The Balaban J connectivity index is 1.68. The minimum absolute atomic E-state index is 0.0536. The third-order valence-electron chi connectivity index (χ3n) is 4.39. The van der Waals surface area contributed by atoms with E-state index in [1.165, 1.54) is 25.7 Å². The van der Waals surface area contributed by atoms with Crippen LogP contribution in [0.2, 0.25) is 0 Å². The van der Waals surface area contributed by atoms with Crippen LogP contribution in [0.4, 0.5) is 5.69 Å². The zero-order chi connectivity index (χ0) is 14.1. The summed E-state index contributed by atoms with van der Waals surface area (Å²) in [5, 5.41) is 6.54. The number of hydrogen-bond acceptors (Lipinski definition) is 2. The number of fused-ring (bicyclic) bond motifs is 1. The van der Waals surface area contributed by atoms with Gasteiger partial charge in [-0.25, -0.2) is 0 Å². The third kappa shape index (κ3) is 2.95. The largest absolute Gasteiger partial charge is 0.323 e. The van der Waals surface area contributed by atoms with Gasteiger partial charge in [-0.2, -0.15) is 0 Å². The Labute approximate surface area is 136 Å². The van der Waals surface area contributed by atoms with Gasteiger partial charge in [0, 0.05) is 15.0 Å². The second kappa shape index (κ2) is 6.16. The summed E-state index contributed by atoms with van der Waals surface area (Å²) in [6, 6.07) is 6.29. The molecular formula is C15H18Br2N2O. The maximum Gasteiger partial charge on any atom is 0.241 e. The van der Waals surface area contributed by atoms with E-state index in [4.69, 9.17) is 0 Å². The standard InChI is InChI=1S/C15H18Br2N2O/c16-10-5-3-6-11(17)14(10)19-15(20)13-8-9-4-1-2-7-12(9)18-13/h3,5-6,9,12-13,18H,1-2,4,7-8H2,(H,19,20). The van der Waals surface area contributed by atoms with Gasteiger partial charge in [0.1, 0.15) is 0 Å². The number of para-hydroxylation sites is 1. The zero-order valence-electron chi connectivity index (χ0n) is 11.2. The topological polar surface area (TPSA) is 41.1 Å². The molecule has 2 fully saturated rings. The van der Waals surface area contributed by atoms with Crippen LogP contribution in [0.25, 0.3) is 0 Å². The minimum Gasteiger partial charge on any atom is -0.323 e. The molecule has 3 nitrogen and oxygen atoms in total. The highest BCUT2D eigenvalue weighted by Gasteiger charge is 2.38. The summed E-state index contributed by atoms with van der Waals surface area (Å²) < 4.78 is 1.80. The SMILES string of the molecule is O=C(Nc1c(Br)cccc1Br)C1CC2CCCCC2N1. The lowest BCUT2D eigenvalue weighted by molar-refractivity contribution is -0.117. The first-order valence-electron chi connectivity index (χ1n) is 7.16. The number of benzene rings is 1. The normalized spacial score (nSPS) is 29.0. The monoisotopic (exact) mass is 400 g/mol. The van der Waals surface area contributed by atoms with Crippen LogP contribution < -0.4 is 10.6 Å². The fourth-order valence-corrected chi connectivity index (χ4v) is 4.55. The summed E-state index contributed by atoms with van der Waals surface area (Å²) in [5.41, 5.74) is 0.814. The van der Waals surface area contributed by atoms with Crippen LogP contribution in [0.1, 0.15) is 32.1 Å². The van der Waals surface area contributed by atoms with Crippen molar-refractivity contribution in [2.75, 3.05) is 5.32 Å². The molecule has 5 heteroatoms. The molecule has 1 aliphatic heterocycles. The molecule has 2 aliphatic rings. The van der Waals surface area contributed by atoms with Crippen molar-refractivity contribution in [2.45, 2.75) is 44.2 Å². The summed E-state index contributed by atoms with van der Waals surface area (Å²) in [6.45, 7) is 0. The number of halogens is 2. The van der Waals surface area contributed by atoms with E-state index in [2.05, 4.69) is 42.5 Å². The molecule has 3 unspecified atom stereocenters. The fourth-order valence-electron chi connectivity index (χ4n) is 3.35. The van der Waals surface area contributed by atoms with E-state index >= 15 is 0 Å². The molecule has 0 bridgehead atoms. The van der Waals surface area contributed by atoms with Crippen molar-refractivity contribution in [3.63, 3.8) is 0 Å². The molecule has 1 saturated carbocycles. The first-order chi connectivity index (χ1) is 9.65. The van der Waals surface area contributed by atoms with Gasteiger partial charge < -0.3 is 10.6 Å². The molecule has 1 aromatic rings. The molecule has 1 saturated heterocycles. The molecule has 3 atom stereocenters. The van der Waals surface area contributed by atoms with Gasteiger partial charge in [0.25, 0.3) is 0 Å². The lowest BCUT2D eigenvalue weighted by Crippen LogP contribution is -2.40. The van der Waals surface area contributed by atoms with Crippen molar-refractivity contribution in [3.05, 3.63) is 27.1 Å². The van der Waals surface area contributed by atoms with Crippen molar-refractivity contribution in [1.82, 2.24) is 5.32 Å². The lowest BCUT2D eigenvalue weighted by atomic mass is 9.85. The number of hydrogen-bond donors (Lipinski definition) is 2. The van der Waals surface area contributed by atoms with E-state index in [0.29, 0.717) is 12.0 Å². The average molecular weight is 402 g/mol. The molecule has 3 rings (SSSR count). The first kappa shape index (κ1) is 14.5. The smallest absolute Gasteiger partial charge is 0.241 e. The maximum atomic E-state index is 12.4. The van der Waals surface area contributed by atoms with Crippen molar-refractivity contribution < 1.29 is 4.79 Å². The Bertz CT molecular complexity index is 486. The zero-order valence-corrected chi connectivity index (χ0v) is 14.3. The van der Waals surface area contributed by atoms with Gasteiger partial charge in [-0.1, -0.05) is 18.9 Å². The molecule has 0 radical (unpaired) electrons. The van der Waals surface area contributed by atoms with E-state index < -0.39 is 0 Å². The van der Waals surface area contributed by atoms with Crippen molar-refractivity contribution in [2.24, 2.45) is 5.92 Å². The Morgan fingerprint density at radius 2 is 1.90 bits per heavy atom.